The second-order valence-electron chi connectivity index (χ2n) is 3.99. The van der Waals surface area contributed by atoms with E-state index in [0.717, 1.165) is 17.0 Å². The van der Waals surface area contributed by atoms with Crippen LogP contribution in [0.1, 0.15) is 15.2 Å². The van der Waals surface area contributed by atoms with Gasteiger partial charge in [0.05, 0.1) is 6.54 Å². The van der Waals surface area contributed by atoms with Crippen LogP contribution in [-0.2, 0) is 6.54 Å². The Labute approximate surface area is 121 Å². The van der Waals surface area contributed by atoms with Crippen molar-refractivity contribution in [3.8, 4) is 0 Å². The lowest BCUT2D eigenvalue weighted by Gasteiger charge is -2.17. The van der Waals surface area contributed by atoms with Gasteiger partial charge in [-0.3, -0.25) is 4.79 Å². The van der Waals surface area contributed by atoms with Gasteiger partial charge in [0.25, 0.3) is 5.91 Å². The smallest absolute Gasteiger partial charge is 0.259 e. The molecule has 0 fully saturated rings. The van der Waals surface area contributed by atoms with Crippen molar-refractivity contribution in [2.24, 2.45) is 0 Å². The van der Waals surface area contributed by atoms with Gasteiger partial charge in [-0.2, -0.15) is 0 Å². The second-order valence-corrected chi connectivity index (χ2v) is 5.93. The lowest BCUT2D eigenvalue weighted by Crippen LogP contribution is -2.27. The lowest BCUT2D eigenvalue weighted by molar-refractivity contribution is 0.0776. The Morgan fingerprint density at radius 2 is 2.00 bits per heavy atom. The normalized spacial score (nSPS) is 10.5. The fourth-order valence-electron chi connectivity index (χ4n) is 1.65. The van der Waals surface area contributed by atoms with Gasteiger partial charge in [-0.1, -0.05) is 22.0 Å². The number of hydrogen-bond donors (Lipinski definition) is 0. The number of hydrogen-bond acceptors (Lipinski definition) is 2. The average Bonchev–Trinajstić information content (AvgIpc) is 2.80. The fraction of sp³-hybridized carbons (Fsp3) is 0.154. The van der Waals surface area contributed by atoms with E-state index in [1.54, 1.807) is 0 Å². The van der Waals surface area contributed by atoms with E-state index >= 15 is 0 Å². The molecule has 1 aromatic carbocycles. The van der Waals surface area contributed by atoms with Gasteiger partial charge in [0, 0.05) is 16.4 Å². The SMILES string of the molecule is CN(Cc1cccs1)C(=O)c1c(F)cc(Br)cc1F. The van der Waals surface area contributed by atoms with E-state index < -0.39 is 23.1 Å². The molecule has 1 amide bonds. The molecule has 0 aliphatic rings. The molecule has 19 heavy (non-hydrogen) atoms. The van der Waals surface area contributed by atoms with E-state index in [1.807, 2.05) is 17.5 Å². The van der Waals surface area contributed by atoms with Crippen molar-refractivity contribution in [2.45, 2.75) is 6.54 Å². The number of thiophene rings is 1. The van der Waals surface area contributed by atoms with Gasteiger partial charge in [-0.25, -0.2) is 8.78 Å². The summed E-state index contributed by atoms with van der Waals surface area (Å²) in [5.41, 5.74) is -0.526. The van der Waals surface area contributed by atoms with Crippen molar-refractivity contribution in [1.82, 2.24) is 4.90 Å². The van der Waals surface area contributed by atoms with Gasteiger partial charge in [0.1, 0.15) is 17.2 Å². The molecule has 0 atom stereocenters. The topological polar surface area (TPSA) is 20.3 Å². The van der Waals surface area contributed by atoms with Crippen LogP contribution in [0.25, 0.3) is 0 Å². The molecule has 0 unspecified atom stereocenters. The predicted molar refractivity (Wildman–Crippen MR) is 74.2 cm³/mol. The van der Waals surface area contributed by atoms with Crippen molar-refractivity contribution in [1.29, 1.82) is 0 Å². The van der Waals surface area contributed by atoms with Gasteiger partial charge >= 0.3 is 0 Å². The number of carbonyl (C=O) groups excluding carboxylic acids is 1. The first kappa shape index (κ1) is 14.1. The zero-order valence-corrected chi connectivity index (χ0v) is 12.4. The van der Waals surface area contributed by atoms with Crippen LogP contribution < -0.4 is 0 Å². The monoisotopic (exact) mass is 345 g/mol. The maximum absolute atomic E-state index is 13.7. The minimum atomic E-state index is -0.866. The molecule has 2 rings (SSSR count). The van der Waals surface area contributed by atoms with Crippen LogP contribution in [0, 0.1) is 11.6 Å². The number of benzene rings is 1. The summed E-state index contributed by atoms with van der Waals surface area (Å²) in [6.07, 6.45) is 0. The Balaban J connectivity index is 2.24. The van der Waals surface area contributed by atoms with Gasteiger partial charge in [-0.05, 0) is 23.6 Å². The Hall–Kier alpha value is -1.27. The fourth-order valence-corrected chi connectivity index (χ4v) is 2.80. The largest absolute Gasteiger partial charge is 0.336 e. The van der Waals surface area contributed by atoms with E-state index in [4.69, 9.17) is 0 Å². The Kier molecular flexibility index (Phi) is 4.31. The third kappa shape index (κ3) is 3.19. The van der Waals surface area contributed by atoms with Crippen LogP contribution in [0.3, 0.4) is 0 Å². The third-order valence-electron chi connectivity index (χ3n) is 2.54. The Morgan fingerprint density at radius 1 is 1.37 bits per heavy atom. The first-order chi connectivity index (χ1) is 8.99. The first-order valence-electron chi connectivity index (χ1n) is 5.41. The molecule has 0 spiro atoms. The van der Waals surface area contributed by atoms with E-state index in [0.29, 0.717) is 6.54 Å². The maximum atomic E-state index is 13.7. The van der Waals surface area contributed by atoms with Crippen molar-refractivity contribution >= 4 is 33.2 Å². The van der Waals surface area contributed by atoms with Crippen LogP contribution in [0.15, 0.2) is 34.1 Å². The quantitative estimate of drug-likeness (QED) is 0.821. The van der Waals surface area contributed by atoms with Crippen LogP contribution in [0.2, 0.25) is 0 Å². The van der Waals surface area contributed by atoms with Crippen molar-refractivity contribution < 1.29 is 13.6 Å². The summed E-state index contributed by atoms with van der Waals surface area (Å²) in [6, 6.07) is 5.88. The minimum absolute atomic E-state index is 0.264. The zero-order chi connectivity index (χ0) is 14.0. The molecule has 2 aromatic rings. The number of rotatable bonds is 3. The molecule has 0 saturated carbocycles. The predicted octanol–water partition coefficient (Wildman–Crippen LogP) is 4.06. The molecule has 6 heteroatoms. The third-order valence-corrected chi connectivity index (χ3v) is 3.86. The van der Waals surface area contributed by atoms with E-state index in [9.17, 15) is 13.6 Å². The number of nitrogens with zero attached hydrogens (tertiary/aromatic N) is 1. The summed E-state index contributed by atoms with van der Waals surface area (Å²) >= 11 is 4.46. The Bertz CT molecular complexity index is 578. The molecule has 1 heterocycles. The van der Waals surface area contributed by atoms with Crippen molar-refractivity contribution in [3.63, 3.8) is 0 Å². The molecular weight excluding hydrogens is 336 g/mol. The highest BCUT2D eigenvalue weighted by molar-refractivity contribution is 9.10. The van der Waals surface area contributed by atoms with Crippen LogP contribution in [0.4, 0.5) is 8.78 Å². The number of carbonyl (C=O) groups is 1. The standard InChI is InChI=1S/C13H10BrF2NOS/c1-17(7-9-3-2-4-19-9)13(18)12-10(15)5-8(14)6-11(12)16/h2-6H,7H2,1H3. The molecule has 100 valence electrons. The van der Waals surface area contributed by atoms with E-state index in [-0.39, 0.29) is 4.47 Å². The van der Waals surface area contributed by atoms with Crippen molar-refractivity contribution in [2.75, 3.05) is 7.05 Å². The highest BCUT2D eigenvalue weighted by Crippen LogP contribution is 2.21. The summed E-state index contributed by atoms with van der Waals surface area (Å²) in [7, 11) is 1.52. The molecule has 0 aliphatic carbocycles. The molecule has 0 saturated heterocycles. The molecule has 0 radical (unpaired) electrons. The van der Waals surface area contributed by atoms with Gasteiger partial charge < -0.3 is 4.90 Å². The summed E-state index contributed by atoms with van der Waals surface area (Å²) < 4.78 is 27.6. The Morgan fingerprint density at radius 3 is 2.53 bits per heavy atom. The van der Waals surface area contributed by atoms with Gasteiger partial charge in [-0.15, -0.1) is 11.3 Å². The second kappa shape index (κ2) is 5.79. The first-order valence-corrected chi connectivity index (χ1v) is 7.08. The van der Waals surface area contributed by atoms with E-state index in [2.05, 4.69) is 15.9 Å². The van der Waals surface area contributed by atoms with Gasteiger partial charge in [0.2, 0.25) is 0 Å². The maximum Gasteiger partial charge on any atom is 0.259 e. The molecule has 1 aromatic heterocycles. The summed E-state index contributed by atoms with van der Waals surface area (Å²) in [5.74, 6) is -2.40. The highest BCUT2D eigenvalue weighted by Gasteiger charge is 2.21. The average molecular weight is 346 g/mol. The molecule has 0 aliphatic heterocycles. The molecular formula is C13H10BrF2NOS. The minimum Gasteiger partial charge on any atom is -0.336 e. The molecule has 0 N–H and O–H groups in total. The zero-order valence-electron chi connectivity index (χ0n) is 9.99. The summed E-state index contributed by atoms with van der Waals surface area (Å²) in [5, 5.41) is 1.88. The van der Waals surface area contributed by atoms with Gasteiger partial charge in [0.15, 0.2) is 0 Å². The summed E-state index contributed by atoms with van der Waals surface area (Å²) in [4.78, 5) is 14.3. The van der Waals surface area contributed by atoms with E-state index in [1.165, 1.54) is 23.3 Å². The number of amides is 1. The van der Waals surface area contributed by atoms with Crippen molar-refractivity contribution in [3.05, 3.63) is 56.2 Å². The van der Waals surface area contributed by atoms with Crippen LogP contribution in [-0.4, -0.2) is 17.9 Å². The van der Waals surface area contributed by atoms with Crippen LogP contribution in [0.5, 0.6) is 0 Å². The number of halogens is 3. The lowest BCUT2D eigenvalue weighted by atomic mass is 10.1. The molecule has 0 bridgehead atoms. The highest BCUT2D eigenvalue weighted by atomic mass is 79.9. The molecule has 2 nitrogen and oxygen atoms in total. The van der Waals surface area contributed by atoms with Crippen LogP contribution >= 0.6 is 27.3 Å². The summed E-state index contributed by atoms with van der Waals surface area (Å²) in [6.45, 7) is 0.325.